The number of carbonyl (C=O) groups is 1. The van der Waals surface area contributed by atoms with Crippen molar-refractivity contribution in [3.8, 4) is 11.5 Å². The molecule has 1 aliphatic heterocycles. The molecule has 0 aromatic heterocycles. The van der Waals surface area contributed by atoms with Crippen LogP contribution >= 0.6 is 24.0 Å². The third-order valence-electron chi connectivity index (χ3n) is 3.77. The molecule has 1 saturated heterocycles. The van der Waals surface area contributed by atoms with Crippen molar-refractivity contribution in [2.45, 2.75) is 13.8 Å². The van der Waals surface area contributed by atoms with Crippen LogP contribution in [-0.4, -0.2) is 23.4 Å². The van der Waals surface area contributed by atoms with Gasteiger partial charge in [-0.1, -0.05) is 36.1 Å². The first kappa shape index (κ1) is 19.4. The Morgan fingerprint density at radius 3 is 2.59 bits per heavy atom. The zero-order valence-electron chi connectivity index (χ0n) is 14.9. The minimum absolute atomic E-state index is 0.153. The number of nitrogens with zero attached hydrogens (tertiary/aromatic N) is 1. The molecule has 0 bridgehead atoms. The lowest BCUT2D eigenvalue weighted by molar-refractivity contribution is -0.113. The van der Waals surface area contributed by atoms with Crippen LogP contribution in [0.4, 0.5) is 10.1 Å². The molecule has 0 radical (unpaired) electrons. The second-order valence-corrected chi connectivity index (χ2v) is 7.21. The van der Waals surface area contributed by atoms with Crippen LogP contribution in [0, 0.1) is 5.82 Å². The number of benzene rings is 2. The third-order valence-corrected chi connectivity index (χ3v) is 5.07. The lowest BCUT2D eigenvalue weighted by Gasteiger charge is -2.15. The third kappa shape index (κ3) is 4.14. The van der Waals surface area contributed by atoms with Gasteiger partial charge in [0.05, 0.1) is 23.8 Å². The number of anilines is 1. The molecule has 1 amide bonds. The molecular weight excluding hydrogens is 385 g/mol. The average Bonchev–Trinajstić information content (AvgIpc) is 2.92. The fourth-order valence-corrected chi connectivity index (χ4v) is 3.90. The summed E-state index contributed by atoms with van der Waals surface area (Å²) in [5, 5.41) is 0. The topological polar surface area (TPSA) is 38.8 Å². The first-order chi connectivity index (χ1) is 13.0. The maximum atomic E-state index is 14.1. The van der Waals surface area contributed by atoms with Crippen molar-refractivity contribution in [2.75, 3.05) is 18.1 Å². The molecule has 4 nitrogen and oxygen atoms in total. The van der Waals surface area contributed by atoms with E-state index in [1.807, 2.05) is 26.0 Å². The number of hydrogen-bond acceptors (Lipinski definition) is 5. The lowest BCUT2D eigenvalue weighted by atomic mass is 10.1. The molecule has 0 spiro atoms. The SMILES string of the molecule is CCOc1ccc(C=C2SC(=S)N(c3ccccc3F)C2=O)c(OCC)c1. The van der Waals surface area contributed by atoms with Gasteiger partial charge in [-0.15, -0.1) is 0 Å². The Hall–Kier alpha value is -2.38. The first-order valence-electron chi connectivity index (χ1n) is 8.47. The summed E-state index contributed by atoms with van der Waals surface area (Å²) in [6.45, 7) is 4.82. The number of amides is 1. The summed E-state index contributed by atoms with van der Waals surface area (Å²) in [7, 11) is 0. The highest BCUT2D eigenvalue weighted by atomic mass is 32.2. The van der Waals surface area contributed by atoms with Gasteiger partial charge in [0.25, 0.3) is 5.91 Å². The smallest absolute Gasteiger partial charge is 0.270 e. The molecule has 0 atom stereocenters. The van der Waals surface area contributed by atoms with Gasteiger partial charge < -0.3 is 9.47 Å². The Bertz CT molecular complexity index is 914. The van der Waals surface area contributed by atoms with Gasteiger partial charge in [-0.05, 0) is 44.2 Å². The minimum Gasteiger partial charge on any atom is -0.494 e. The molecule has 2 aromatic rings. The number of rotatable bonds is 6. The normalized spacial score (nSPS) is 15.5. The number of carbonyl (C=O) groups excluding carboxylic acids is 1. The Labute approximate surface area is 167 Å². The van der Waals surface area contributed by atoms with Crippen LogP contribution in [0.25, 0.3) is 6.08 Å². The zero-order chi connectivity index (χ0) is 19.4. The summed E-state index contributed by atoms with van der Waals surface area (Å²) in [4.78, 5) is 14.5. The van der Waals surface area contributed by atoms with E-state index in [1.165, 1.54) is 17.0 Å². The van der Waals surface area contributed by atoms with Crippen LogP contribution in [0.15, 0.2) is 47.4 Å². The second-order valence-electron chi connectivity index (χ2n) is 5.53. The average molecular weight is 404 g/mol. The predicted molar refractivity (Wildman–Crippen MR) is 111 cm³/mol. The molecule has 7 heteroatoms. The van der Waals surface area contributed by atoms with E-state index in [0.29, 0.717) is 33.9 Å². The van der Waals surface area contributed by atoms with E-state index in [0.717, 1.165) is 17.3 Å². The maximum Gasteiger partial charge on any atom is 0.270 e. The predicted octanol–water partition coefficient (Wildman–Crippen LogP) is 5.03. The van der Waals surface area contributed by atoms with E-state index >= 15 is 0 Å². The Morgan fingerprint density at radius 1 is 1.15 bits per heavy atom. The molecule has 0 unspecified atom stereocenters. The highest BCUT2D eigenvalue weighted by molar-refractivity contribution is 8.27. The molecule has 27 heavy (non-hydrogen) atoms. The monoisotopic (exact) mass is 403 g/mol. The summed E-state index contributed by atoms with van der Waals surface area (Å²) in [6, 6.07) is 11.5. The van der Waals surface area contributed by atoms with Gasteiger partial charge >= 0.3 is 0 Å². The molecule has 1 fully saturated rings. The van der Waals surface area contributed by atoms with Gasteiger partial charge in [0.1, 0.15) is 17.3 Å². The van der Waals surface area contributed by atoms with Crippen LogP contribution in [0.1, 0.15) is 19.4 Å². The molecule has 1 aliphatic rings. The molecule has 1 heterocycles. The largest absolute Gasteiger partial charge is 0.494 e. The summed E-state index contributed by atoms with van der Waals surface area (Å²) >= 11 is 6.44. The Kier molecular flexibility index (Phi) is 6.13. The molecule has 0 N–H and O–H groups in total. The van der Waals surface area contributed by atoms with Crippen molar-refractivity contribution in [1.82, 2.24) is 0 Å². The summed E-state index contributed by atoms with van der Waals surface area (Å²) in [5.74, 6) is 0.453. The second kappa shape index (κ2) is 8.54. The molecule has 2 aromatic carbocycles. The van der Waals surface area contributed by atoms with Crippen LogP contribution in [-0.2, 0) is 4.79 Å². The first-order valence-corrected chi connectivity index (χ1v) is 9.69. The van der Waals surface area contributed by atoms with Gasteiger partial charge in [0, 0.05) is 11.6 Å². The highest BCUT2D eigenvalue weighted by Gasteiger charge is 2.34. The number of thioether (sulfide) groups is 1. The Balaban J connectivity index is 1.95. The van der Waals surface area contributed by atoms with E-state index in [-0.39, 0.29) is 11.6 Å². The fourth-order valence-electron chi connectivity index (χ4n) is 2.62. The van der Waals surface area contributed by atoms with Crippen molar-refractivity contribution >= 4 is 46.0 Å². The van der Waals surface area contributed by atoms with Crippen LogP contribution in [0.3, 0.4) is 0 Å². The van der Waals surface area contributed by atoms with Crippen molar-refractivity contribution in [2.24, 2.45) is 0 Å². The van der Waals surface area contributed by atoms with Gasteiger partial charge in [-0.2, -0.15) is 0 Å². The zero-order valence-corrected chi connectivity index (χ0v) is 16.5. The van der Waals surface area contributed by atoms with Gasteiger partial charge in [0.15, 0.2) is 4.32 Å². The van der Waals surface area contributed by atoms with E-state index in [9.17, 15) is 9.18 Å². The number of ether oxygens (including phenoxy) is 2. The van der Waals surface area contributed by atoms with Crippen molar-refractivity contribution < 1.29 is 18.7 Å². The molecule has 0 aliphatic carbocycles. The summed E-state index contributed by atoms with van der Waals surface area (Å²) in [5.41, 5.74) is 0.884. The number of halogens is 1. The van der Waals surface area contributed by atoms with Gasteiger partial charge in [-0.25, -0.2) is 4.39 Å². The molecule has 3 rings (SSSR count). The Morgan fingerprint density at radius 2 is 1.89 bits per heavy atom. The molecule has 140 valence electrons. The molecular formula is C20H18FNO3S2. The summed E-state index contributed by atoms with van der Waals surface area (Å²) < 4.78 is 25.6. The van der Waals surface area contributed by atoms with Crippen LogP contribution in [0.5, 0.6) is 11.5 Å². The minimum atomic E-state index is -0.494. The lowest BCUT2D eigenvalue weighted by Crippen LogP contribution is -2.28. The number of para-hydroxylation sites is 1. The van der Waals surface area contributed by atoms with Gasteiger partial charge in [-0.3, -0.25) is 9.69 Å². The molecule has 0 saturated carbocycles. The van der Waals surface area contributed by atoms with Crippen molar-refractivity contribution in [3.05, 3.63) is 58.8 Å². The quantitative estimate of drug-likeness (QED) is 0.500. The standard InChI is InChI=1S/C20H18FNO3S2/c1-3-24-14-10-9-13(17(12-14)25-4-2)11-18-19(23)22(20(26)27-18)16-8-6-5-7-15(16)21/h5-12H,3-4H2,1-2H3. The highest BCUT2D eigenvalue weighted by Crippen LogP contribution is 2.38. The van der Waals surface area contributed by atoms with E-state index < -0.39 is 5.82 Å². The van der Waals surface area contributed by atoms with E-state index in [2.05, 4.69) is 0 Å². The number of hydrogen-bond donors (Lipinski definition) is 0. The van der Waals surface area contributed by atoms with Crippen molar-refractivity contribution in [1.29, 1.82) is 0 Å². The number of thiocarbonyl (C=S) groups is 1. The van der Waals surface area contributed by atoms with E-state index in [1.54, 1.807) is 24.3 Å². The van der Waals surface area contributed by atoms with Gasteiger partial charge in [0.2, 0.25) is 0 Å². The maximum absolute atomic E-state index is 14.1. The summed E-state index contributed by atoms with van der Waals surface area (Å²) in [6.07, 6.45) is 1.71. The fraction of sp³-hybridized carbons (Fsp3) is 0.200. The van der Waals surface area contributed by atoms with Crippen LogP contribution < -0.4 is 14.4 Å². The van der Waals surface area contributed by atoms with Crippen LogP contribution in [0.2, 0.25) is 0 Å². The van der Waals surface area contributed by atoms with Crippen molar-refractivity contribution in [3.63, 3.8) is 0 Å². The van der Waals surface area contributed by atoms with E-state index in [4.69, 9.17) is 21.7 Å².